The minimum Gasteiger partial charge on any atom is -0.391 e. The number of hydrogen-bond acceptors (Lipinski definition) is 4. The molecule has 1 atom stereocenters. The van der Waals surface area contributed by atoms with E-state index in [1.54, 1.807) is 0 Å². The van der Waals surface area contributed by atoms with Gasteiger partial charge in [0.25, 0.3) is 11.6 Å². The van der Waals surface area contributed by atoms with Gasteiger partial charge in [0, 0.05) is 18.7 Å². The summed E-state index contributed by atoms with van der Waals surface area (Å²) in [5, 5.41) is 22.8. The summed E-state index contributed by atoms with van der Waals surface area (Å²) >= 11 is 11.6. The highest BCUT2D eigenvalue weighted by Gasteiger charge is 2.30. The largest absolute Gasteiger partial charge is 0.391 e. The standard InChI is InChI=1S/C12H12Cl2N2O4/c13-9-4-7(16(19)20)3-8(11(9)14)12(18)15-5-10(17)6-1-2-6/h3-4,6,10,17H,1-2,5H2,(H,15,18). The molecular weight excluding hydrogens is 307 g/mol. The molecule has 1 aliphatic rings. The molecule has 2 N–H and O–H groups in total. The SMILES string of the molecule is O=C(NCC(O)C1CC1)c1cc([N+](=O)[O-])cc(Cl)c1Cl. The van der Waals surface area contributed by atoms with Crippen LogP contribution in [-0.4, -0.2) is 28.6 Å². The molecule has 1 fully saturated rings. The van der Waals surface area contributed by atoms with E-state index >= 15 is 0 Å². The first-order chi connectivity index (χ1) is 9.40. The molecule has 0 aliphatic heterocycles. The van der Waals surface area contributed by atoms with E-state index in [0.29, 0.717) is 0 Å². The van der Waals surface area contributed by atoms with Gasteiger partial charge >= 0.3 is 0 Å². The maximum atomic E-state index is 12.0. The van der Waals surface area contributed by atoms with Crippen LogP contribution in [0.4, 0.5) is 5.69 Å². The van der Waals surface area contributed by atoms with Gasteiger partial charge in [0.1, 0.15) is 0 Å². The molecule has 108 valence electrons. The zero-order chi connectivity index (χ0) is 14.9. The number of nitrogens with one attached hydrogen (secondary N) is 1. The van der Waals surface area contributed by atoms with Crippen molar-refractivity contribution in [3.63, 3.8) is 0 Å². The fraction of sp³-hybridized carbons (Fsp3) is 0.417. The topological polar surface area (TPSA) is 92.5 Å². The number of aliphatic hydroxyl groups excluding tert-OH is 1. The lowest BCUT2D eigenvalue weighted by Gasteiger charge is -2.11. The quantitative estimate of drug-likeness (QED) is 0.644. The first-order valence-electron chi connectivity index (χ1n) is 6.00. The van der Waals surface area contributed by atoms with E-state index in [-0.39, 0.29) is 33.8 Å². The smallest absolute Gasteiger partial charge is 0.271 e. The Morgan fingerprint density at radius 2 is 2.15 bits per heavy atom. The molecule has 20 heavy (non-hydrogen) atoms. The van der Waals surface area contributed by atoms with Gasteiger partial charge in [0.05, 0.1) is 26.6 Å². The molecule has 6 nitrogen and oxygen atoms in total. The Morgan fingerprint density at radius 3 is 2.70 bits per heavy atom. The van der Waals surface area contributed by atoms with E-state index in [4.69, 9.17) is 23.2 Å². The molecule has 0 radical (unpaired) electrons. The van der Waals surface area contributed by atoms with Crippen molar-refractivity contribution in [3.8, 4) is 0 Å². The van der Waals surface area contributed by atoms with Gasteiger partial charge in [-0.15, -0.1) is 0 Å². The fourth-order valence-electron chi connectivity index (χ4n) is 1.79. The fourth-order valence-corrected chi connectivity index (χ4v) is 2.19. The number of nitro benzene ring substituents is 1. The molecule has 1 aromatic rings. The lowest BCUT2D eigenvalue weighted by molar-refractivity contribution is -0.384. The van der Waals surface area contributed by atoms with Crippen LogP contribution in [0.1, 0.15) is 23.2 Å². The second kappa shape index (κ2) is 5.95. The van der Waals surface area contributed by atoms with Crippen LogP contribution in [0, 0.1) is 16.0 Å². The number of amides is 1. The number of rotatable bonds is 5. The Labute approximate surface area is 124 Å². The number of halogens is 2. The van der Waals surface area contributed by atoms with Crippen LogP contribution in [0.5, 0.6) is 0 Å². The van der Waals surface area contributed by atoms with Gasteiger partial charge in [-0.3, -0.25) is 14.9 Å². The number of benzene rings is 1. The maximum Gasteiger partial charge on any atom is 0.271 e. The molecule has 1 amide bonds. The van der Waals surface area contributed by atoms with Crippen LogP contribution >= 0.6 is 23.2 Å². The van der Waals surface area contributed by atoms with Gasteiger partial charge < -0.3 is 10.4 Å². The third kappa shape index (κ3) is 3.39. The predicted octanol–water partition coefficient (Wildman–Crippen LogP) is 2.40. The summed E-state index contributed by atoms with van der Waals surface area (Å²) in [7, 11) is 0. The Hall–Kier alpha value is -1.37. The Kier molecular flexibility index (Phi) is 4.47. The third-order valence-corrected chi connectivity index (χ3v) is 3.91. The second-order valence-electron chi connectivity index (χ2n) is 4.66. The van der Waals surface area contributed by atoms with Crippen molar-refractivity contribution in [3.05, 3.63) is 37.9 Å². The van der Waals surface area contributed by atoms with E-state index in [0.717, 1.165) is 25.0 Å². The Balaban J connectivity index is 2.13. The van der Waals surface area contributed by atoms with Gasteiger partial charge in [-0.2, -0.15) is 0 Å². The monoisotopic (exact) mass is 318 g/mol. The van der Waals surface area contributed by atoms with Crippen LogP contribution in [0.15, 0.2) is 12.1 Å². The van der Waals surface area contributed by atoms with Crippen molar-refractivity contribution < 1.29 is 14.8 Å². The van der Waals surface area contributed by atoms with Gasteiger partial charge in [-0.25, -0.2) is 0 Å². The van der Waals surface area contributed by atoms with Crippen LogP contribution in [0.3, 0.4) is 0 Å². The molecule has 1 aromatic carbocycles. The van der Waals surface area contributed by atoms with Crippen molar-refractivity contribution in [1.29, 1.82) is 0 Å². The van der Waals surface area contributed by atoms with Crippen LogP contribution in [0.25, 0.3) is 0 Å². The number of nitro groups is 1. The normalized spacial score (nSPS) is 15.8. The van der Waals surface area contributed by atoms with E-state index in [1.165, 1.54) is 0 Å². The number of aliphatic hydroxyl groups is 1. The van der Waals surface area contributed by atoms with Gasteiger partial charge in [-0.05, 0) is 18.8 Å². The summed E-state index contributed by atoms with van der Waals surface area (Å²) in [5.41, 5.74) is -0.388. The molecule has 1 aliphatic carbocycles. The van der Waals surface area contributed by atoms with E-state index < -0.39 is 16.9 Å². The first-order valence-corrected chi connectivity index (χ1v) is 6.75. The third-order valence-electron chi connectivity index (χ3n) is 3.11. The number of hydrogen-bond donors (Lipinski definition) is 2. The average Bonchev–Trinajstić information content (AvgIpc) is 3.22. The lowest BCUT2D eigenvalue weighted by Crippen LogP contribution is -2.33. The molecule has 0 aromatic heterocycles. The minimum atomic E-state index is -0.655. The Morgan fingerprint density at radius 1 is 1.50 bits per heavy atom. The lowest BCUT2D eigenvalue weighted by atomic mass is 10.1. The summed E-state index contributed by atoms with van der Waals surface area (Å²) in [6.45, 7) is 0.0835. The van der Waals surface area contributed by atoms with Crippen molar-refractivity contribution in [2.75, 3.05) is 6.54 Å². The van der Waals surface area contributed by atoms with Crippen molar-refractivity contribution in [2.24, 2.45) is 5.92 Å². The highest BCUT2D eigenvalue weighted by Crippen LogP contribution is 2.33. The van der Waals surface area contributed by atoms with Crippen molar-refractivity contribution >= 4 is 34.8 Å². The molecule has 2 rings (SSSR count). The second-order valence-corrected chi connectivity index (χ2v) is 5.45. The summed E-state index contributed by atoms with van der Waals surface area (Å²) in [4.78, 5) is 22.0. The van der Waals surface area contributed by atoms with E-state index in [1.807, 2.05) is 0 Å². The average molecular weight is 319 g/mol. The summed E-state index contributed by atoms with van der Waals surface area (Å²) in [6.07, 6.45) is 1.29. The Bertz CT molecular complexity index is 561. The highest BCUT2D eigenvalue weighted by molar-refractivity contribution is 6.44. The number of carbonyl (C=O) groups excluding carboxylic acids is 1. The summed E-state index contributed by atoms with van der Waals surface area (Å²) in [5.74, 6) is -0.375. The molecule has 1 saturated carbocycles. The van der Waals surface area contributed by atoms with E-state index in [9.17, 15) is 20.0 Å². The van der Waals surface area contributed by atoms with Gasteiger partial charge in [0.15, 0.2) is 0 Å². The molecule has 0 heterocycles. The van der Waals surface area contributed by atoms with Crippen LogP contribution < -0.4 is 5.32 Å². The first kappa shape index (κ1) is 15.0. The van der Waals surface area contributed by atoms with Crippen molar-refractivity contribution in [2.45, 2.75) is 18.9 Å². The summed E-state index contributed by atoms with van der Waals surface area (Å²) < 4.78 is 0. The highest BCUT2D eigenvalue weighted by atomic mass is 35.5. The molecule has 1 unspecified atom stereocenters. The van der Waals surface area contributed by atoms with E-state index in [2.05, 4.69) is 5.32 Å². The molecule has 8 heteroatoms. The number of non-ortho nitro benzene ring substituents is 1. The summed E-state index contributed by atoms with van der Waals surface area (Å²) in [6, 6.07) is 2.15. The zero-order valence-electron chi connectivity index (χ0n) is 10.3. The number of nitrogens with zero attached hydrogens (tertiary/aromatic N) is 1. The molecule has 0 saturated heterocycles. The van der Waals surface area contributed by atoms with Crippen LogP contribution in [-0.2, 0) is 0 Å². The molecule has 0 bridgehead atoms. The van der Waals surface area contributed by atoms with Crippen LogP contribution in [0.2, 0.25) is 10.0 Å². The predicted molar refractivity (Wildman–Crippen MR) is 74.2 cm³/mol. The number of carbonyl (C=O) groups is 1. The zero-order valence-corrected chi connectivity index (χ0v) is 11.8. The van der Waals surface area contributed by atoms with Gasteiger partial charge in [-0.1, -0.05) is 23.2 Å². The molecular formula is C12H12Cl2N2O4. The van der Waals surface area contributed by atoms with Gasteiger partial charge in [0.2, 0.25) is 0 Å². The molecule has 0 spiro atoms. The minimum absolute atomic E-state index is 0.0457. The maximum absolute atomic E-state index is 12.0. The van der Waals surface area contributed by atoms with Crippen molar-refractivity contribution in [1.82, 2.24) is 5.32 Å².